The second-order valence-corrected chi connectivity index (χ2v) is 5.15. The van der Waals surface area contributed by atoms with E-state index in [1.807, 2.05) is 13.0 Å². The van der Waals surface area contributed by atoms with Crippen molar-refractivity contribution in [2.24, 2.45) is 0 Å². The fourth-order valence-electron chi connectivity index (χ4n) is 2.14. The van der Waals surface area contributed by atoms with Gasteiger partial charge in [0.25, 0.3) is 0 Å². The lowest BCUT2D eigenvalue weighted by Crippen LogP contribution is -2.50. The third kappa shape index (κ3) is 2.23. The van der Waals surface area contributed by atoms with Crippen LogP contribution < -0.4 is 10.2 Å². The molecule has 1 unspecified atom stereocenters. The highest BCUT2D eigenvalue weighted by Gasteiger charge is 2.20. The molecular weight excluding hydrogens is 271 g/mol. The first-order valence-corrected chi connectivity index (χ1v) is 6.32. The highest BCUT2D eigenvalue weighted by molar-refractivity contribution is 9.10. The first-order chi connectivity index (χ1) is 7.59. The van der Waals surface area contributed by atoms with E-state index in [4.69, 9.17) is 0 Å². The van der Waals surface area contributed by atoms with Crippen molar-refractivity contribution in [1.29, 1.82) is 0 Å². The van der Waals surface area contributed by atoms with Crippen LogP contribution in [-0.4, -0.2) is 25.7 Å². The minimum absolute atomic E-state index is 0.189. The lowest BCUT2D eigenvalue weighted by Gasteiger charge is -2.36. The monoisotopic (exact) mass is 286 g/mol. The number of aryl methyl sites for hydroxylation is 1. The summed E-state index contributed by atoms with van der Waals surface area (Å²) in [5, 5.41) is 3.34. The van der Waals surface area contributed by atoms with Gasteiger partial charge in [-0.05, 0) is 47.5 Å². The number of halogens is 2. The SMILES string of the molecule is Cc1cc(Br)c(F)cc1N1CCNCC1C. The van der Waals surface area contributed by atoms with Gasteiger partial charge >= 0.3 is 0 Å². The summed E-state index contributed by atoms with van der Waals surface area (Å²) in [6.45, 7) is 7.03. The molecule has 1 aromatic rings. The summed E-state index contributed by atoms with van der Waals surface area (Å²) < 4.78 is 14.1. The highest BCUT2D eigenvalue weighted by Crippen LogP contribution is 2.28. The van der Waals surface area contributed by atoms with Crippen molar-refractivity contribution < 1.29 is 4.39 Å². The average Bonchev–Trinajstić information content (AvgIpc) is 2.25. The molecule has 1 aromatic carbocycles. The zero-order chi connectivity index (χ0) is 11.7. The van der Waals surface area contributed by atoms with Crippen LogP contribution in [-0.2, 0) is 0 Å². The Labute approximate surface area is 104 Å². The number of nitrogens with one attached hydrogen (secondary N) is 1. The number of nitrogens with zero attached hydrogens (tertiary/aromatic N) is 1. The van der Waals surface area contributed by atoms with Crippen molar-refractivity contribution in [3.8, 4) is 0 Å². The van der Waals surface area contributed by atoms with Crippen LogP contribution in [0.1, 0.15) is 12.5 Å². The third-order valence-electron chi connectivity index (χ3n) is 3.05. The molecule has 0 amide bonds. The van der Waals surface area contributed by atoms with Crippen molar-refractivity contribution in [2.45, 2.75) is 19.9 Å². The minimum Gasteiger partial charge on any atom is -0.366 e. The Morgan fingerprint density at radius 2 is 2.25 bits per heavy atom. The molecule has 0 radical (unpaired) electrons. The predicted octanol–water partition coefficient (Wildman–Crippen LogP) is 2.69. The second-order valence-electron chi connectivity index (χ2n) is 4.30. The summed E-state index contributed by atoms with van der Waals surface area (Å²) >= 11 is 3.21. The fraction of sp³-hybridized carbons (Fsp3) is 0.500. The molecule has 4 heteroatoms. The maximum absolute atomic E-state index is 13.6. The van der Waals surface area contributed by atoms with Crippen LogP contribution in [0.4, 0.5) is 10.1 Å². The molecule has 0 spiro atoms. The molecule has 88 valence electrons. The van der Waals surface area contributed by atoms with Crippen molar-refractivity contribution in [1.82, 2.24) is 5.32 Å². The summed E-state index contributed by atoms with van der Waals surface area (Å²) in [6, 6.07) is 3.88. The number of anilines is 1. The first-order valence-electron chi connectivity index (χ1n) is 5.52. The molecule has 0 aromatic heterocycles. The van der Waals surface area contributed by atoms with Crippen LogP contribution in [0, 0.1) is 12.7 Å². The number of hydrogen-bond donors (Lipinski definition) is 1. The minimum atomic E-state index is -0.189. The van der Waals surface area contributed by atoms with E-state index < -0.39 is 0 Å². The van der Waals surface area contributed by atoms with Crippen molar-refractivity contribution in [2.75, 3.05) is 24.5 Å². The molecule has 1 saturated heterocycles. The lowest BCUT2D eigenvalue weighted by molar-refractivity contribution is 0.498. The molecule has 0 bridgehead atoms. The smallest absolute Gasteiger partial charge is 0.139 e. The van der Waals surface area contributed by atoms with E-state index in [2.05, 4.69) is 33.1 Å². The molecular formula is C12H16BrFN2. The molecule has 1 atom stereocenters. The van der Waals surface area contributed by atoms with Gasteiger partial charge in [0.2, 0.25) is 0 Å². The van der Waals surface area contributed by atoms with Gasteiger partial charge in [-0.2, -0.15) is 0 Å². The summed E-state index contributed by atoms with van der Waals surface area (Å²) in [5.74, 6) is -0.189. The molecule has 1 aliphatic rings. The normalized spacial score (nSPS) is 21.2. The zero-order valence-electron chi connectivity index (χ0n) is 9.56. The molecule has 16 heavy (non-hydrogen) atoms. The lowest BCUT2D eigenvalue weighted by atomic mass is 10.1. The number of benzene rings is 1. The van der Waals surface area contributed by atoms with Crippen molar-refractivity contribution >= 4 is 21.6 Å². The van der Waals surface area contributed by atoms with E-state index in [9.17, 15) is 4.39 Å². The summed E-state index contributed by atoms with van der Waals surface area (Å²) in [6.07, 6.45) is 0. The van der Waals surface area contributed by atoms with Crippen molar-refractivity contribution in [3.05, 3.63) is 28.0 Å². The molecule has 1 fully saturated rings. The number of rotatable bonds is 1. The highest BCUT2D eigenvalue weighted by atomic mass is 79.9. The number of hydrogen-bond acceptors (Lipinski definition) is 2. The molecule has 1 N–H and O–H groups in total. The quantitative estimate of drug-likeness (QED) is 0.854. The maximum atomic E-state index is 13.6. The largest absolute Gasteiger partial charge is 0.366 e. The standard InChI is InChI=1S/C12H16BrFN2/c1-8-5-10(13)11(14)6-12(8)16-4-3-15-7-9(16)2/h5-6,9,15H,3-4,7H2,1-2H3. The van der Waals surface area contributed by atoms with E-state index in [1.165, 1.54) is 0 Å². The van der Waals surface area contributed by atoms with Gasteiger partial charge in [0.15, 0.2) is 0 Å². The van der Waals surface area contributed by atoms with E-state index in [0.29, 0.717) is 10.5 Å². The number of piperazine rings is 1. The second kappa shape index (κ2) is 4.72. The van der Waals surface area contributed by atoms with Gasteiger partial charge < -0.3 is 10.2 Å². The molecule has 0 saturated carbocycles. The third-order valence-corrected chi connectivity index (χ3v) is 3.66. The molecule has 2 rings (SSSR count). The molecule has 0 aliphatic carbocycles. The van der Waals surface area contributed by atoms with Crippen LogP contribution in [0.25, 0.3) is 0 Å². The Morgan fingerprint density at radius 1 is 1.50 bits per heavy atom. The summed E-state index contributed by atoms with van der Waals surface area (Å²) in [4.78, 5) is 2.27. The van der Waals surface area contributed by atoms with Gasteiger partial charge in [-0.1, -0.05) is 0 Å². The van der Waals surface area contributed by atoms with Gasteiger partial charge in [0, 0.05) is 31.4 Å². The Hall–Kier alpha value is -0.610. The van der Waals surface area contributed by atoms with Crippen LogP contribution in [0.5, 0.6) is 0 Å². The van der Waals surface area contributed by atoms with E-state index in [-0.39, 0.29) is 5.82 Å². The van der Waals surface area contributed by atoms with Crippen LogP contribution in [0.3, 0.4) is 0 Å². The molecule has 1 heterocycles. The van der Waals surface area contributed by atoms with E-state index in [0.717, 1.165) is 30.9 Å². The van der Waals surface area contributed by atoms with E-state index in [1.54, 1.807) is 6.07 Å². The Morgan fingerprint density at radius 3 is 2.94 bits per heavy atom. The molecule has 2 nitrogen and oxygen atoms in total. The Bertz CT molecular complexity index is 395. The van der Waals surface area contributed by atoms with Gasteiger partial charge in [-0.25, -0.2) is 4.39 Å². The predicted molar refractivity (Wildman–Crippen MR) is 68.5 cm³/mol. The van der Waals surface area contributed by atoms with Gasteiger partial charge in [-0.15, -0.1) is 0 Å². The van der Waals surface area contributed by atoms with Crippen molar-refractivity contribution in [3.63, 3.8) is 0 Å². The Kier molecular flexibility index (Phi) is 3.50. The van der Waals surface area contributed by atoms with E-state index >= 15 is 0 Å². The zero-order valence-corrected chi connectivity index (χ0v) is 11.1. The van der Waals surface area contributed by atoms with Crippen LogP contribution in [0.2, 0.25) is 0 Å². The van der Waals surface area contributed by atoms with Gasteiger partial charge in [0.1, 0.15) is 5.82 Å². The first kappa shape index (κ1) is 11.9. The fourth-order valence-corrected chi connectivity index (χ4v) is 2.60. The topological polar surface area (TPSA) is 15.3 Å². The average molecular weight is 287 g/mol. The van der Waals surface area contributed by atoms with Crippen LogP contribution >= 0.6 is 15.9 Å². The van der Waals surface area contributed by atoms with Gasteiger partial charge in [0.05, 0.1) is 4.47 Å². The Balaban J connectivity index is 2.35. The van der Waals surface area contributed by atoms with Crippen LogP contribution in [0.15, 0.2) is 16.6 Å². The summed E-state index contributed by atoms with van der Waals surface area (Å²) in [5.41, 5.74) is 2.12. The maximum Gasteiger partial charge on any atom is 0.139 e. The van der Waals surface area contributed by atoms with Gasteiger partial charge in [-0.3, -0.25) is 0 Å². The summed E-state index contributed by atoms with van der Waals surface area (Å²) in [7, 11) is 0. The molecule has 1 aliphatic heterocycles.